The summed E-state index contributed by atoms with van der Waals surface area (Å²) < 4.78 is 8.66. The maximum atomic E-state index is 11.5. The van der Waals surface area contributed by atoms with E-state index in [0.29, 0.717) is 21.9 Å². The second kappa shape index (κ2) is 4.18. The van der Waals surface area contributed by atoms with Gasteiger partial charge in [0.25, 0.3) is 0 Å². The Bertz CT molecular complexity index is 442. The molecule has 1 unspecified atom stereocenters. The Kier molecular flexibility index (Phi) is 2.99. The summed E-state index contributed by atoms with van der Waals surface area (Å²) in [6.07, 6.45) is 1.21. The second-order valence-corrected chi connectivity index (χ2v) is 5.81. The van der Waals surface area contributed by atoms with Crippen LogP contribution in [-0.4, -0.2) is 24.0 Å². The zero-order valence-electron chi connectivity index (χ0n) is 10.2. The number of aromatic nitrogens is 1. The quantitative estimate of drug-likeness (QED) is 0.804. The van der Waals surface area contributed by atoms with Crippen molar-refractivity contribution >= 4 is 28.3 Å². The van der Waals surface area contributed by atoms with E-state index < -0.39 is 5.97 Å². The summed E-state index contributed by atoms with van der Waals surface area (Å²) in [5, 5.41) is 3.95. The van der Waals surface area contributed by atoms with Crippen molar-refractivity contribution in [3.8, 4) is 0 Å². The topological polar surface area (TPSA) is 77.2 Å². The lowest BCUT2D eigenvalue weighted by molar-refractivity contribution is 0.0603. The number of carbonyl (C=O) groups is 1. The molecule has 0 saturated heterocycles. The highest BCUT2D eigenvalue weighted by atomic mass is 32.1. The molecule has 1 aliphatic carbocycles. The summed E-state index contributed by atoms with van der Waals surface area (Å²) in [5.41, 5.74) is 6.42. The van der Waals surface area contributed by atoms with Crippen LogP contribution in [0.1, 0.15) is 30.6 Å². The molecule has 94 valence electrons. The average molecular weight is 255 g/mol. The molecule has 0 aliphatic heterocycles. The molecule has 1 fully saturated rings. The van der Waals surface area contributed by atoms with E-state index in [1.54, 1.807) is 0 Å². The Morgan fingerprint density at radius 1 is 1.71 bits per heavy atom. The van der Waals surface area contributed by atoms with Gasteiger partial charge >= 0.3 is 5.97 Å². The number of hydrogen-bond acceptors (Lipinski definition) is 6. The molecule has 1 saturated carbocycles. The molecule has 1 heterocycles. The van der Waals surface area contributed by atoms with Crippen molar-refractivity contribution in [3.63, 3.8) is 0 Å². The number of nitrogen functional groups attached to an aromatic ring is 1. The smallest absolute Gasteiger partial charge is 0.344 e. The van der Waals surface area contributed by atoms with Crippen LogP contribution < -0.4 is 11.1 Å². The molecule has 0 radical (unpaired) electrons. The summed E-state index contributed by atoms with van der Waals surface area (Å²) >= 11 is 1.20. The summed E-state index contributed by atoms with van der Waals surface area (Å²) in [4.78, 5) is 11.5. The van der Waals surface area contributed by atoms with Gasteiger partial charge in [-0.15, -0.1) is 0 Å². The summed E-state index contributed by atoms with van der Waals surface area (Å²) in [6.45, 7) is 5.32. The van der Waals surface area contributed by atoms with Crippen molar-refractivity contribution in [3.05, 3.63) is 5.56 Å². The van der Waals surface area contributed by atoms with E-state index >= 15 is 0 Å². The van der Waals surface area contributed by atoms with Crippen LogP contribution in [-0.2, 0) is 4.74 Å². The third-order valence-corrected chi connectivity index (χ3v) is 4.15. The van der Waals surface area contributed by atoms with Gasteiger partial charge in [0.15, 0.2) is 5.82 Å². The van der Waals surface area contributed by atoms with Gasteiger partial charge < -0.3 is 15.8 Å². The van der Waals surface area contributed by atoms with E-state index in [1.807, 2.05) is 0 Å². The van der Waals surface area contributed by atoms with Crippen LogP contribution in [0.5, 0.6) is 0 Å². The molecular weight excluding hydrogens is 238 g/mol. The Balaban J connectivity index is 2.04. The van der Waals surface area contributed by atoms with E-state index in [4.69, 9.17) is 5.73 Å². The molecule has 3 N–H and O–H groups in total. The number of hydrogen-bond donors (Lipinski definition) is 2. The Morgan fingerprint density at radius 2 is 2.35 bits per heavy atom. The number of nitrogens with two attached hydrogens (primary N) is 1. The summed E-state index contributed by atoms with van der Waals surface area (Å²) in [6, 6.07) is 0. The lowest BCUT2D eigenvalue weighted by Crippen LogP contribution is -2.11. The Hall–Kier alpha value is -1.30. The fourth-order valence-corrected chi connectivity index (χ4v) is 2.57. The first-order chi connectivity index (χ1) is 7.95. The summed E-state index contributed by atoms with van der Waals surface area (Å²) in [5.74, 6) is 0.449. The third kappa shape index (κ3) is 2.36. The first kappa shape index (κ1) is 12.2. The van der Waals surface area contributed by atoms with Crippen molar-refractivity contribution in [1.29, 1.82) is 0 Å². The van der Waals surface area contributed by atoms with E-state index in [0.717, 1.165) is 6.54 Å². The minimum Gasteiger partial charge on any atom is -0.465 e. The van der Waals surface area contributed by atoms with Crippen LogP contribution in [0, 0.1) is 11.3 Å². The molecule has 1 atom stereocenters. The summed E-state index contributed by atoms with van der Waals surface area (Å²) in [7, 11) is 1.34. The number of carbonyl (C=O) groups excluding carboxylic acids is 1. The number of methoxy groups -OCH3 is 1. The Labute approximate surface area is 105 Å². The Morgan fingerprint density at radius 3 is 2.88 bits per heavy atom. The predicted molar refractivity (Wildman–Crippen MR) is 68.2 cm³/mol. The van der Waals surface area contributed by atoms with Crippen molar-refractivity contribution in [2.24, 2.45) is 11.3 Å². The maximum Gasteiger partial charge on any atom is 0.344 e. The van der Waals surface area contributed by atoms with Gasteiger partial charge in [-0.2, -0.15) is 4.37 Å². The molecule has 2 rings (SSSR count). The van der Waals surface area contributed by atoms with Gasteiger partial charge in [-0.25, -0.2) is 4.79 Å². The molecule has 1 aliphatic rings. The van der Waals surface area contributed by atoms with Crippen LogP contribution in [0.25, 0.3) is 0 Å². The molecule has 0 aromatic carbocycles. The maximum absolute atomic E-state index is 11.5. The van der Waals surface area contributed by atoms with Gasteiger partial charge in [-0.1, -0.05) is 13.8 Å². The number of nitrogens with one attached hydrogen (secondary N) is 1. The zero-order valence-corrected chi connectivity index (χ0v) is 11.1. The number of rotatable bonds is 4. The molecule has 17 heavy (non-hydrogen) atoms. The third-order valence-electron chi connectivity index (χ3n) is 3.33. The SMILES string of the molecule is COC(=O)c1c(N)nsc1NCC1CC1(C)C. The van der Waals surface area contributed by atoms with Crippen LogP contribution in [0.3, 0.4) is 0 Å². The van der Waals surface area contributed by atoms with Crippen LogP contribution in [0.2, 0.25) is 0 Å². The lowest BCUT2D eigenvalue weighted by Gasteiger charge is -2.07. The average Bonchev–Trinajstić information content (AvgIpc) is 2.71. The van der Waals surface area contributed by atoms with Gasteiger partial charge in [0.1, 0.15) is 10.6 Å². The highest BCUT2D eigenvalue weighted by Crippen LogP contribution is 2.51. The minimum absolute atomic E-state index is 0.236. The van der Waals surface area contributed by atoms with Gasteiger partial charge in [-0.3, -0.25) is 0 Å². The second-order valence-electron chi connectivity index (χ2n) is 5.03. The fourth-order valence-electron chi connectivity index (χ4n) is 1.86. The first-order valence-electron chi connectivity index (χ1n) is 5.53. The van der Waals surface area contributed by atoms with E-state index in [1.165, 1.54) is 25.1 Å². The number of esters is 1. The standard InChI is InChI=1S/C11H17N3O2S/c1-11(2)4-6(11)5-13-9-7(10(15)16-3)8(12)14-17-9/h6,13H,4-5H2,1-3H3,(H2,12,14). The largest absolute Gasteiger partial charge is 0.465 e. The molecule has 5 nitrogen and oxygen atoms in total. The van der Waals surface area contributed by atoms with Gasteiger partial charge in [0, 0.05) is 6.54 Å². The van der Waals surface area contributed by atoms with Crippen LogP contribution >= 0.6 is 11.5 Å². The van der Waals surface area contributed by atoms with Crippen molar-refractivity contribution in [1.82, 2.24) is 4.37 Å². The minimum atomic E-state index is -0.436. The molecule has 0 bridgehead atoms. The van der Waals surface area contributed by atoms with Crippen molar-refractivity contribution in [2.45, 2.75) is 20.3 Å². The number of anilines is 2. The molecule has 0 spiro atoms. The van der Waals surface area contributed by atoms with E-state index in [9.17, 15) is 4.79 Å². The monoisotopic (exact) mass is 255 g/mol. The molecule has 0 amide bonds. The highest BCUT2D eigenvalue weighted by Gasteiger charge is 2.45. The molecule has 1 aromatic heterocycles. The van der Waals surface area contributed by atoms with E-state index in [-0.39, 0.29) is 5.82 Å². The highest BCUT2D eigenvalue weighted by molar-refractivity contribution is 7.11. The van der Waals surface area contributed by atoms with Crippen molar-refractivity contribution < 1.29 is 9.53 Å². The fraction of sp³-hybridized carbons (Fsp3) is 0.636. The van der Waals surface area contributed by atoms with Gasteiger partial charge in [0.2, 0.25) is 0 Å². The van der Waals surface area contributed by atoms with Crippen LogP contribution in [0.15, 0.2) is 0 Å². The molecule has 6 heteroatoms. The van der Waals surface area contributed by atoms with Crippen LogP contribution in [0.4, 0.5) is 10.8 Å². The first-order valence-corrected chi connectivity index (χ1v) is 6.30. The molecule has 1 aromatic rings. The molecular formula is C11H17N3O2S. The lowest BCUT2D eigenvalue weighted by atomic mass is 10.1. The number of nitrogens with zero attached hydrogens (tertiary/aromatic N) is 1. The predicted octanol–water partition coefficient (Wildman–Crippen LogP) is 1.97. The van der Waals surface area contributed by atoms with Crippen molar-refractivity contribution in [2.75, 3.05) is 24.7 Å². The van der Waals surface area contributed by atoms with Gasteiger partial charge in [-0.05, 0) is 29.3 Å². The normalized spacial score (nSPS) is 21.0. The zero-order chi connectivity index (χ0) is 12.6. The van der Waals surface area contributed by atoms with Gasteiger partial charge in [0.05, 0.1) is 7.11 Å². The number of ether oxygens (including phenoxy) is 1. The van der Waals surface area contributed by atoms with E-state index in [2.05, 4.69) is 28.3 Å².